The molecule has 0 aliphatic heterocycles. The van der Waals surface area contributed by atoms with Crippen LogP contribution in [0, 0.1) is 0 Å². The first-order valence-corrected chi connectivity index (χ1v) is 6.24. The third kappa shape index (κ3) is 2.92. The third-order valence-corrected chi connectivity index (χ3v) is 2.92. The van der Waals surface area contributed by atoms with Gasteiger partial charge in [0, 0.05) is 12.0 Å². The van der Waals surface area contributed by atoms with Gasteiger partial charge < -0.3 is 5.73 Å². The number of aromatic nitrogens is 4. The van der Waals surface area contributed by atoms with Gasteiger partial charge in [0.2, 0.25) is 0 Å². The molecule has 5 nitrogen and oxygen atoms in total. The fraction of sp³-hybridized carbons (Fsp3) is 0.462. The van der Waals surface area contributed by atoms with Gasteiger partial charge in [0.05, 0.1) is 5.69 Å². The van der Waals surface area contributed by atoms with Crippen LogP contribution < -0.4 is 5.73 Å². The quantitative estimate of drug-likeness (QED) is 0.870. The first-order valence-electron chi connectivity index (χ1n) is 6.24. The van der Waals surface area contributed by atoms with Crippen LogP contribution in [0.1, 0.15) is 32.5 Å². The van der Waals surface area contributed by atoms with Crippen molar-refractivity contribution in [2.24, 2.45) is 5.73 Å². The van der Waals surface area contributed by atoms with Gasteiger partial charge in [0.1, 0.15) is 0 Å². The van der Waals surface area contributed by atoms with Crippen LogP contribution in [0.25, 0.3) is 5.69 Å². The molecule has 0 radical (unpaired) electrons. The molecule has 0 saturated carbocycles. The second kappa shape index (κ2) is 5.27. The number of hydrogen-bond acceptors (Lipinski definition) is 4. The van der Waals surface area contributed by atoms with Crippen LogP contribution in [-0.4, -0.2) is 25.7 Å². The van der Waals surface area contributed by atoms with Gasteiger partial charge in [-0.2, -0.15) is 4.68 Å². The van der Waals surface area contributed by atoms with Gasteiger partial charge in [-0.25, -0.2) is 0 Å². The molecule has 2 rings (SSSR count). The van der Waals surface area contributed by atoms with E-state index in [1.54, 1.807) is 4.68 Å². The topological polar surface area (TPSA) is 69.6 Å². The highest BCUT2D eigenvalue weighted by molar-refractivity contribution is 5.30. The van der Waals surface area contributed by atoms with Crippen molar-refractivity contribution in [3.05, 3.63) is 36.2 Å². The molecule has 0 spiro atoms. The van der Waals surface area contributed by atoms with Crippen LogP contribution in [0.4, 0.5) is 0 Å². The Labute approximate surface area is 107 Å². The van der Waals surface area contributed by atoms with Gasteiger partial charge in [0.25, 0.3) is 0 Å². The first-order chi connectivity index (χ1) is 8.62. The molecule has 18 heavy (non-hydrogen) atoms. The van der Waals surface area contributed by atoms with Crippen LogP contribution >= 0.6 is 0 Å². The highest BCUT2D eigenvalue weighted by Gasteiger charge is 2.22. The lowest BCUT2D eigenvalue weighted by atomic mass is 9.93. The zero-order chi connectivity index (χ0) is 13.0. The van der Waals surface area contributed by atoms with E-state index in [1.807, 2.05) is 37.3 Å². The van der Waals surface area contributed by atoms with Crippen molar-refractivity contribution < 1.29 is 0 Å². The van der Waals surface area contributed by atoms with Gasteiger partial charge in [0.15, 0.2) is 5.82 Å². The Hall–Kier alpha value is -1.75. The standard InChI is InChI=1S/C13H19N5/c1-3-9-13(2,14)10-12-15-16-17-18(12)11-7-5-4-6-8-11/h4-8H,3,9-10,14H2,1-2H3. The second-order valence-electron chi connectivity index (χ2n) is 4.92. The molecule has 0 bridgehead atoms. The number of tetrazole rings is 1. The van der Waals surface area contributed by atoms with E-state index in [0.29, 0.717) is 6.42 Å². The van der Waals surface area contributed by atoms with Gasteiger partial charge in [-0.05, 0) is 35.9 Å². The average Bonchev–Trinajstić information content (AvgIpc) is 2.77. The molecule has 0 aliphatic rings. The van der Waals surface area contributed by atoms with Crippen molar-refractivity contribution in [2.45, 2.75) is 38.6 Å². The van der Waals surface area contributed by atoms with Gasteiger partial charge >= 0.3 is 0 Å². The van der Waals surface area contributed by atoms with E-state index in [-0.39, 0.29) is 5.54 Å². The molecule has 1 atom stereocenters. The highest BCUT2D eigenvalue weighted by atomic mass is 15.5. The molecule has 96 valence electrons. The Kier molecular flexibility index (Phi) is 3.72. The molecule has 0 amide bonds. The molecule has 1 aromatic heterocycles. The summed E-state index contributed by atoms with van der Waals surface area (Å²) in [4.78, 5) is 0. The highest BCUT2D eigenvalue weighted by Crippen LogP contribution is 2.16. The van der Waals surface area contributed by atoms with E-state index in [0.717, 1.165) is 24.4 Å². The number of nitrogens with zero attached hydrogens (tertiary/aromatic N) is 4. The largest absolute Gasteiger partial charge is 0.325 e. The van der Waals surface area contributed by atoms with E-state index in [2.05, 4.69) is 22.4 Å². The van der Waals surface area contributed by atoms with Crippen LogP contribution in [0.2, 0.25) is 0 Å². The second-order valence-corrected chi connectivity index (χ2v) is 4.92. The molecule has 0 aliphatic carbocycles. The summed E-state index contributed by atoms with van der Waals surface area (Å²) in [6.45, 7) is 4.17. The van der Waals surface area contributed by atoms with Gasteiger partial charge in [-0.1, -0.05) is 31.5 Å². The van der Waals surface area contributed by atoms with Crippen LogP contribution in [-0.2, 0) is 6.42 Å². The molecular weight excluding hydrogens is 226 g/mol. The number of nitrogens with two attached hydrogens (primary N) is 1. The molecule has 0 fully saturated rings. The Morgan fingerprint density at radius 3 is 2.67 bits per heavy atom. The van der Waals surface area contributed by atoms with Gasteiger partial charge in [-0.3, -0.25) is 0 Å². The van der Waals surface area contributed by atoms with Crippen LogP contribution in [0.5, 0.6) is 0 Å². The Balaban J connectivity index is 2.24. The molecule has 0 saturated heterocycles. The van der Waals surface area contributed by atoms with E-state index < -0.39 is 0 Å². The predicted molar refractivity (Wildman–Crippen MR) is 70.4 cm³/mol. The van der Waals surface area contributed by atoms with Crippen LogP contribution in [0.15, 0.2) is 30.3 Å². The van der Waals surface area contributed by atoms with Gasteiger partial charge in [-0.15, -0.1) is 5.10 Å². The summed E-state index contributed by atoms with van der Waals surface area (Å²) in [5, 5.41) is 11.9. The molecule has 5 heteroatoms. The molecule has 1 unspecified atom stereocenters. The van der Waals surface area contributed by atoms with Crippen molar-refractivity contribution in [2.75, 3.05) is 0 Å². The van der Waals surface area contributed by atoms with E-state index in [4.69, 9.17) is 5.73 Å². The summed E-state index contributed by atoms with van der Waals surface area (Å²) in [6, 6.07) is 9.86. The molecule has 1 heterocycles. The Bertz CT molecular complexity index is 489. The molecule has 2 N–H and O–H groups in total. The third-order valence-electron chi connectivity index (χ3n) is 2.92. The molecule has 1 aromatic carbocycles. The zero-order valence-electron chi connectivity index (χ0n) is 10.9. The summed E-state index contributed by atoms with van der Waals surface area (Å²) in [7, 11) is 0. The van der Waals surface area contributed by atoms with E-state index >= 15 is 0 Å². The summed E-state index contributed by atoms with van der Waals surface area (Å²) in [6.07, 6.45) is 2.68. The summed E-state index contributed by atoms with van der Waals surface area (Å²) in [5.41, 5.74) is 6.95. The number of hydrogen-bond donors (Lipinski definition) is 1. The fourth-order valence-corrected chi connectivity index (χ4v) is 2.11. The first kappa shape index (κ1) is 12.7. The minimum atomic E-state index is -0.268. The SMILES string of the molecule is CCCC(C)(N)Cc1nnnn1-c1ccccc1. The number of rotatable bonds is 5. The van der Waals surface area contributed by atoms with E-state index in [9.17, 15) is 0 Å². The lowest BCUT2D eigenvalue weighted by Gasteiger charge is -2.23. The van der Waals surface area contributed by atoms with E-state index in [1.165, 1.54) is 0 Å². The summed E-state index contributed by atoms with van der Waals surface area (Å²) in [5.74, 6) is 0.805. The minimum Gasteiger partial charge on any atom is -0.325 e. The minimum absolute atomic E-state index is 0.268. The fourth-order valence-electron chi connectivity index (χ4n) is 2.11. The van der Waals surface area contributed by atoms with Crippen molar-refractivity contribution in [3.8, 4) is 5.69 Å². The van der Waals surface area contributed by atoms with Crippen molar-refractivity contribution >= 4 is 0 Å². The van der Waals surface area contributed by atoms with Crippen molar-refractivity contribution in [1.29, 1.82) is 0 Å². The smallest absolute Gasteiger partial charge is 0.158 e. The van der Waals surface area contributed by atoms with Crippen molar-refractivity contribution in [3.63, 3.8) is 0 Å². The number of benzene rings is 1. The number of para-hydroxylation sites is 1. The van der Waals surface area contributed by atoms with Crippen molar-refractivity contribution in [1.82, 2.24) is 20.2 Å². The average molecular weight is 245 g/mol. The lowest BCUT2D eigenvalue weighted by molar-refractivity contribution is 0.412. The normalized spacial score (nSPS) is 14.4. The molecule has 2 aromatic rings. The predicted octanol–water partition coefficient (Wildman–Crippen LogP) is 1.72. The Morgan fingerprint density at radius 1 is 1.28 bits per heavy atom. The maximum atomic E-state index is 6.26. The maximum absolute atomic E-state index is 6.26. The van der Waals surface area contributed by atoms with Crippen LogP contribution in [0.3, 0.4) is 0 Å². The summed E-state index contributed by atoms with van der Waals surface area (Å²) < 4.78 is 1.75. The monoisotopic (exact) mass is 245 g/mol. The maximum Gasteiger partial charge on any atom is 0.158 e. The zero-order valence-corrected chi connectivity index (χ0v) is 10.9. The summed E-state index contributed by atoms with van der Waals surface area (Å²) >= 11 is 0. The lowest BCUT2D eigenvalue weighted by Crippen LogP contribution is -2.39. The molecular formula is C13H19N5. The Morgan fingerprint density at radius 2 is 2.00 bits per heavy atom.